The van der Waals surface area contributed by atoms with Gasteiger partial charge in [0.1, 0.15) is 5.75 Å². The Morgan fingerprint density at radius 2 is 2.07 bits per heavy atom. The van der Waals surface area contributed by atoms with Crippen LogP contribution in [0.5, 0.6) is 5.75 Å². The topological polar surface area (TPSA) is 26.3 Å². The van der Waals surface area contributed by atoms with E-state index in [0.29, 0.717) is 12.2 Å². The van der Waals surface area contributed by atoms with Crippen LogP contribution >= 0.6 is 0 Å². The average molecular weight is 204 g/mol. The molecule has 0 fully saturated rings. The fourth-order valence-electron chi connectivity index (χ4n) is 1.30. The standard InChI is InChI=1S/C13H16O2/c1-3-5-6-13(14)11-7-9-12(10-8-11)15-4-2/h4,7-10H,2-3,5-6H2,1H3. The molecule has 0 amide bonds. The summed E-state index contributed by atoms with van der Waals surface area (Å²) in [4.78, 5) is 11.6. The Balaban J connectivity index is 2.62. The maximum absolute atomic E-state index is 11.6. The highest BCUT2D eigenvalue weighted by Crippen LogP contribution is 2.14. The van der Waals surface area contributed by atoms with Gasteiger partial charge in [-0.15, -0.1) is 0 Å². The van der Waals surface area contributed by atoms with Crippen LogP contribution in [0, 0.1) is 0 Å². The molecule has 1 aromatic rings. The molecule has 0 saturated heterocycles. The van der Waals surface area contributed by atoms with Gasteiger partial charge in [-0.2, -0.15) is 0 Å². The largest absolute Gasteiger partial charge is 0.466 e. The number of ketones is 1. The third-order valence-corrected chi connectivity index (χ3v) is 2.15. The van der Waals surface area contributed by atoms with Crippen LogP contribution in [0.1, 0.15) is 36.5 Å². The summed E-state index contributed by atoms with van der Waals surface area (Å²) in [5, 5.41) is 0. The van der Waals surface area contributed by atoms with E-state index in [2.05, 4.69) is 13.5 Å². The van der Waals surface area contributed by atoms with Gasteiger partial charge >= 0.3 is 0 Å². The molecule has 0 unspecified atom stereocenters. The maximum Gasteiger partial charge on any atom is 0.162 e. The van der Waals surface area contributed by atoms with E-state index in [4.69, 9.17) is 4.74 Å². The van der Waals surface area contributed by atoms with E-state index in [1.54, 1.807) is 24.3 Å². The van der Waals surface area contributed by atoms with Crippen LogP contribution in [0.15, 0.2) is 37.1 Å². The zero-order valence-electron chi connectivity index (χ0n) is 9.03. The van der Waals surface area contributed by atoms with E-state index < -0.39 is 0 Å². The number of rotatable bonds is 6. The zero-order chi connectivity index (χ0) is 11.1. The van der Waals surface area contributed by atoms with Crippen LogP contribution in [0.2, 0.25) is 0 Å². The van der Waals surface area contributed by atoms with E-state index >= 15 is 0 Å². The molecule has 0 radical (unpaired) electrons. The van der Waals surface area contributed by atoms with Gasteiger partial charge in [0.05, 0.1) is 6.26 Å². The van der Waals surface area contributed by atoms with E-state index in [-0.39, 0.29) is 5.78 Å². The molecule has 0 atom stereocenters. The Labute approximate surface area is 90.6 Å². The van der Waals surface area contributed by atoms with Crippen molar-refractivity contribution in [2.24, 2.45) is 0 Å². The second-order valence-electron chi connectivity index (χ2n) is 3.34. The molecular formula is C13H16O2. The Hall–Kier alpha value is -1.57. The highest BCUT2D eigenvalue weighted by molar-refractivity contribution is 5.96. The minimum atomic E-state index is 0.196. The summed E-state index contributed by atoms with van der Waals surface area (Å²) in [7, 11) is 0. The quantitative estimate of drug-likeness (QED) is 0.523. The minimum absolute atomic E-state index is 0.196. The molecule has 0 aliphatic carbocycles. The number of benzene rings is 1. The monoisotopic (exact) mass is 204 g/mol. The summed E-state index contributed by atoms with van der Waals surface area (Å²) >= 11 is 0. The van der Waals surface area contributed by atoms with Crippen molar-refractivity contribution in [3.8, 4) is 5.75 Å². The fraction of sp³-hybridized carbons (Fsp3) is 0.308. The van der Waals surface area contributed by atoms with Gasteiger partial charge in [0.2, 0.25) is 0 Å². The van der Waals surface area contributed by atoms with Crippen LogP contribution in [0.25, 0.3) is 0 Å². The molecule has 0 aromatic heterocycles. The van der Waals surface area contributed by atoms with E-state index in [0.717, 1.165) is 18.4 Å². The molecule has 0 aliphatic rings. The average Bonchev–Trinajstić information content (AvgIpc) is 2.27. The van der Waals surface area contributed by atoms with Gasteiger partial charge < -0.3 is 4.74 Å². The van der Waals surface area contributed by atoms with Crippen LogP contribution in [-0.2, 0) is 0 Å². The first-order valence-electron chi connectivity index (χ1n) is 5.18. The van der Waals surface area contributed by atoms with Crippen molar-refractivity contribution in [1.29, 1.82) is 0 Å². The summed E-state index contributed by atoms with van der Waals surface area (Å²) in [5.41, 5.74) is 0.750. The first-order chi connectivity index (χ1) is 7.27. The molecule has 80 valence electrons. The molecule has 0 aliphatic heterocycles. The lowest BCUT2D eigenvalue weighted by atomic mass is 10.1. The number of ether oxygens (including phenoxy) is 1. The van der Waals surface area contributed by atoms with Crippen molar-refractivity contribution in [2.75, 3.05) is 0 Å². The summed E-state index contributed by atoms with van der Waals surface area (Å²) in [6, 6.07) is 7.13. The zero-order valence-corrected chi connectivity index (χ0v) is 9.03. The lowest BCUT2D eigenvalue weighted by Crippen LogP contribution is -1.98. The van der Waals surface area contributed by atoms with Gasteiger partial charge in [0.25, 0.3) is 0 Å². The van der Waals surface area contributed by atoms with E-state index in [9.17, 15) is 4.79 Å². The van der Waals surface area contributed by atoms with Crippen molar-refractivity contribution < 1.29 is 9.53 Å². The molecule has 1 aromatic carbocycles. The molecule has 0 bridgehead atoms. The highest BCUT2D eigenvalue weighted by atomic mass is 16.5. The summed E-state index contributed by atoms with van der Waals surface area (Å²) < 4.78 is 5.07. The molecule has 2 nitrogen and oxygen atoms in total. The molecular weight excluding hydrogens is 188 g/mol. The molecule has 0 spiro atoms. The molecule has 2 heteroatoms. The molecule has 15 heavy (non-hydrogen) atoms. The molecule has 1 rings (SSSR count). The summed E-state index contributed by atoms with van der Waals surface area (Å²) in [5.74, 6) is 0.902. The van der Waals surface area contributed by atoms with Crippen LogP contribution in [0.3, 0.4) is 0 Å². The second-order valence-corrected chi connectivity index (χ2v) is 3.34. The normalized spacial score (nSPS) is 9.67. The molecule has 0 saturated carbocycles. The number of carbonyl (C=O) groups excluding carboxylic acids is 1. The van der Waals surface area contributed by atoms with Crippen LogP contribution in [-0.4, -0.2) is 5.78 Å². The lowest BCUT2D eigenvalue weighted by Gasteiger charge is -2.02. The van der Waals surface area contributed by atoms with Gasteiger partial charge in [-0.05, 0) is 30.7 Å². The van der Waals surface area contributed by atoms with E-state index in [1.807, 2.05) is 0 Å². The first kappa shape index (κ1) is 11.5. The SMILES string of the molecule is C=COc1ccc(C(=O)CCCC)cc1. The third-order valence-electron chi connectivity index (χ3n) is 2.15. The first-order valence-corrected chi connectivity index (χ1v) is 5.18. The summed E-state index contributed by atoms with van der Waals surface area (Å²) in [6.07, 6.45) is 3.99. The predicted octanol–water partition coefficient (Wildman–Crippen LogP) is 3.58. The Bertz CT molecular complexity index is 325. The number of hydrogen-bond donors (Lipinski definition) is 0. The van der Waals surface area contributed by atoms with Gasteiger partial charge in [-0.1, -0.05) is 19.9 Å². The number of carbonyl (C=O) groups is 1. The Morgan fingerprint density at radius 3 is 2.60 bits per heavy atom. The Morgan fingerprint density at radius 1 is 1.40 bits per heavy atom. The van der Waals surface area contributed by atoms with Gasteiger partial charge in [-0.3, -0.25) is 4.79 Å². The van der Waals surface area contributed by atoms with Gasteiger partial charge in [0, 0.05) is 12.0 Å². The number of hydrogen-bond acceptors (Lipinski definition) is 2. The maximum atomic E-state index is 11.6. The van der Waals surface area contributed by atoms with E-state index in [1.165, 1.54) is 6.26 Å². The smallest absolute Gasteiger partial charge is 0.162 e. The molecule has 0 N–H and O–H groups in total. The fourth-order valence-corrected chi connectivity index (χ4v) is 1.30. The van der Waals surface area contributed by atoms with Crippen molar-refractivity contribution in [3.05, 3.63) is 42.7 Å². The number of Topliss-reactive ketones (excluding diaryl/α,β-unsaturated/α-hetero) is 1. The second kappa shape index (κ2) is 6.02. The van der Waals surface area contributed by atoms with Crippen molar-refractivity contribution in [1.82, 2.24) is 0 Å². The van der Waals surface area contributed by atoms with Crippen molar-refractivity contribution in [2.45, 2.75) is 26.2 Å². The van der Waals surface area contributed by atoms with Crippen molar-refractivity contribution in [3.63, 3.8) is 0 Å². The molecule has 0 heterocycles. The number of unbranched alkanes of at least 4 members (excludes halogenated alkanes) is 1. The van der Waals surface area contributed by atoms with Crippen LogP contribution in [0.4, 0.5) is 0 Å². The van der Waals surface area contributed by atoms with Crippen molar-refractivity contribution >= 4 is 5.78 Å². The predicted molar refractivity (Wildman–Crippen MR) is 61.1 cm³/mol. The third kappa shape index (κ3) is 3.58. The lowest BCUT2D eigenvalue weighted by molar-refractivity contribution is 0.0980. The highest BCUT2D eigenvalue weighted by Gasteiger charge is 2.04. The van der Waals surface area contributed by atoms with Crippen LogP contribution < -0.4 is 4.74 Å². The van der Waals surface area contributed by atoms with Gasteiger partial charge in [0.15, 0.2) is 5.78 Å². The van der Waals surface area contributed by atoms with Gasteiger partial charge in [-0.25, -0.2) is 0 Å². The minimum Gasteiger partial charge on any atom is -0.466 e. The Kier molecular flexibility index (Phi) is 4.61. The summed E-state index contributed by atoms with van der Waals surface area (Å²) in [6.45, 7) is 5.54.